The lowest BCUT2D eigenvalue weighted by molar-refractivity contribution is -0.117. The van der Waals surface area contributed by atoms with Gasteiger partial charge in [-0.05, 0) is 42.8 Å². The second-order valence-electron chi connectivity index (χ2n) is 5.94. The van der Waals surface area contributed by atoms with Crippen LogP contribution in [0.3, 0.4) is 0 Å². The topological polar surface area (TPSA) is 76.2 Å². The number of nitrogens with one attached hydrogen (secondary N) is 2. The van der Waals surface area contributed by atoms with Crippen molar-refractivity contribution in [3.05, 3.63) is 58.9 Å². The number of H-pyrrole nitrogens is 1. The quantitative estimate of drug-likeness (QED) is 0.685. The number of para-hydroxylation sites is 2. The first kappa shape index (κ1) is 16.5. The molecule has 132 valence electrons. The van der Waals surface area contributed by atoms with Crippen molar-refractivity contribution in [2.45, 2.75) is 13.0 Å². The molecule has 1 aliphatic heterocycles. The van der Waals surface area contributed by atoms with Crippen molar-refractivity contribution in [1.29, 1.82) is 0 Å². The van der Waals surface area contributed by atoms with Gasteiger partial charge in [0.1, 0.15) is 5.82 Å². The van der Waals surface area contributed by atoms with E-state index in [9.17, 15) is 4.79 Å². The maximum atomic E-state index is 12.2. The smallest absolute Gasteiger partial charge is 0.244 e. The standard InChI is InChI=1S/C19H16ClN3O3/c1-11(19-22-14-4-2-3-5-15(14)23-19)21-17(24)7-6-12-8-13(20)18-16(9-12)25-10-26-18/h2-9,11H,10H2,1H3,(H,21,24)(H,22,23)/b7-6+. The van der Waals surface area contributed by atoms with Crippen LogP contribution in [0.5, 0.6) is 11.5 Å². The number of carbonyl (C=O) groups is 1. The largest absolute Gasteiger partial charge is 0.454 e. The summed E-state index contributed by atoms with van der Waals surface area (Å²) < 4.78 is 10.6. The Kier molecular flexibility index (Phi) is 4.26. The molecule has 0 bridgehead atoms. The van der Waals surface area contributed by atoms with Gasteiger partial charge in [0.25, 0.3) is 0 Å². The van der Waals surface area contributed by atoms with Crippen LogP contribution >= 0.6 is 11.6 Å². The number of hydrogen-bond acceptors (Lipinski definition) is 4. The lowest BCUT2D eigenvalue weighted by Crippen LogP contribution is -2.25. The van der Waals surface area contributed by atoms with Crippen LogP contribution in [0.15, 0.2) is 42.5 Å². The zero-order valence-electron chi connectivity index (χ0n) is 14.0. The number of hydrogen-bond donors (Lipinski definition) is 2. The first-order valence-electron chi connectivity index (χ1n) is 8.12. The minimum atomic E-state index is -0.250. The molecule has 2 heterocycles. The Morgan fingerprint density at radius 3 is 3.04 bits per heavy atom. The lowest BCUT2D eigenvalue weighted by Gasteiger charge is -2.09. The van der Waals surface area contributed by atoms with E-state index < -0.39 is 0 Å². The fraction of sp³-hybridized carbons (Fsp3) is 0.158. The Balaban J connectivity index is 1.45. The highest BCUT2D eigenvalue weighted by Gasteiger charge is 2.18. The number of amides is 1. The van der Waals surface area contributed by atoms with Crippen LogP contribution in [0, 0.1) is 0 Å². The van der Waals surface area contributed by atoms with Gasteiger partial charge in [-0.3, -0.25) is 4.79 Å². The summed E-state index contributed by atoms with van der Waals surface area (Å²) in [5.74, 6) is 1.59. The van der Waals surface area contributed by atoms with Gasteiger partial charge in [-0.15, -0.1) is 0 Å². The molecule has 6 nitrogen and oxygen atoms in total. The lowest BCUT2D eigenvalue weighted by atomic mass is 10.2. The molecule has 1 aromatic heterocycles. The van der Waals surface area contributed by atoms with Crippen LogP contribution in [0.4, 0.5) is 0 Å². The molecular weight excluding hydrogens is 354 g/mol. The number of benzene rings is 2. The molecule has 0 saturated heterocycles. The molecule has 1 aliphatic rings. The molecule has 26 heavy (non-hydrogen) atoms. The molecule has 4 rings (SSSR count). The second-order valence-corrected chi connectivity index (χ2v) is 6.35. The molecule has 2 N–H and O–H groups in total. The average molecular weight is 370 g/mol. The van der Waals surface area contributed by atoms with E-state index in [0.29, 0.717) is 22.3 Å². The van der Waals surface area contributed by atoms with Crippen molar-refractivity contribution in [2.24, 2.45) is 0 Å². The van der Waals surface area contributed by atoms with Crippen LogP contribution in [0.25, 0.3) is 17.1 Å². The third-order valence-corrected chi connectivity index (χ3v) is 4.33. The molecule has 0 fully saturated rings. The number of imidazole rings is 1. The van der Waals surface area contributed by atoms with Crippen LogP contribution < -0.4 is 14.8 Å². The van der Waals surface area contributed by atoms with Crippen LogP contribution in [-0.4, -0.2) is 22.7 Å². The Bertz CT molecular complexity index is 979. The van der Waals surface area contributed by atoms with Crippen molar-refractivity contribution >= 4 is 34.6 Å². The Hall–Kier alpha value is -2.99. The molecule has 2 aromatic carbocycles. The second kappa shape index (κ2) is 6.72. The summed E-state index contributed by atoms with van der Waals surface area (Å²) in [5.41, 5.74) is 2.56. The van der Waals surface area contributed by atoms with Crippen molar-refractivity contribution in [3.63, 3.8) is 0 Å². The van der Waals surface area contributed by atoms with Gasteiger partial charge < -0.3 is 19.8 Å². The van der Waals surface area contributed by atoms with Gasteiger partial charge in [-0.1, -0.05) is 23.7 Å². The predicted octanol–water partition coefficient (Wildman–Crippen LogP) is 3.84. The molecule has 7 heteroatoms. The minimum absolute atomic E-state index is 0.151. The number of halogens is 1. The summed E-state index contributed by atoms with van der Waals surface area (Å²) in [7, 11) is 0. The van der Waals surface area contributed by atoms with E-state index in [0.717, 1.165) is 16.6 Å². The summed E-state index contributed by atoms with van der Waals surface area (Å²) >= 11 is 6.14. The Morgan fingerprint density at radius 1 is 1.35 bits per heavy atom. The highest BCUT2D eigenvalue weighted by molar-refractivity contribution is 6.32. The van der Waals surface area contributed by atoms with Gasteiger partial charge in [0.2, 0.25) is 12.7 Å². The third kappa shape index (κ3) is 3.23. The number of aromatic amines is 1. The van der Waals surface area contributed by atoms with E-state index >= 15 is 0 Å². The monoisotopic (exact) mass is 369 g/mol. The van der Waals surface area contributed by atoms with Crippen LogP contribution in [-0.2, 0) is 4.79 Å². The summed E-state index contributed by atoms with van der Waals surface area (Å²) in [4.78, 5) is 19.9. The highest BCUT2D eigenvalue weighted by Crippen LogP contribution is 2.40. The number of fused-ring (bicyclic) bond motifs is 2. The van der Waals surface area contributed by atoms with Crippen LogP contribution in [0.2, 0.25) is 5.02 Å². The Morgan fingerprint density at radius 2 is 2.19 bits per heavy atom. The minimum Gasteiger partial charge on any atom is -0.454 e. The Labute approximate surface area is 154 Å². The number of ether oxygens (including phenoxy) is 2. The van der Waals surface area contributed by atoms with E-state index in [4.69, 9.17) is 21.1 Å². The molecule has 0 aliphatic carbocycles. The molecule has 0 spiro atoms. The van der Waals surface area contributed by atoms with Crippen molar-refractivity contribution in [3.8, 4) is 11.5 Å². The van der Waals surface area contributed by atoms with Gasteiger partial charge in [0.15, 0.2) is 11.5 Å². The number of nitrogens with zero attached hydrogens (tertiary/aromatic N) is 1. The normalized spacial score (nSPS) is 14.1. The summed E-state index contributed by atoms with van der Waals surface area (Å²) in [6.45, 7) is 2.03. The molecule has 1 amide bonds. The number of rotatable bonds is 4. The summed E-state index contributed by atoms with van der Waals surface area (Å²) in [6.07, 6.45) is 3.13. The molecule has 1 atom stereocenters. The fourth-order valence-electron chi connectivity index (χ4n) is 2.76. The maximum absolute atomic E-state index is 12.2. The molecule has 3 aromatic rings. The van der Waals surface area contributed by atoms with Crippen molar-refractivity contribution in [2.75, 3.05) is 6.79 Å². The summed E-state index contributed by atoms with van der Waals surface area (Å²) in [6, 6.07) is 11.0. The first-order valence-corrected chi connectivity index (χ1v) is 8.50. The van der Waals surface area contributed by atoms with Crippen molar-refractivity contribution < 1.29 is 14.3 Å². The third-order valence-electron chi connectivity index (χ3n) is 4.05. The van der Waals surface area contributed by atoms with E-state index in [1.54, 1.807) is 18.2 Å². The van der Waals surface area contributed by atoms with E-state index in [2.05, 4.69) is 15.3 Å². The SMILES string of the molecule is CC(NC(=O)/C=C/c1cc(Cl)c2c(c1)OCO2)c1nc2ccccc2[nH]1. The zero-order chi connectivity index (χ0) is 18.1. The van der Waals surface area contributed by atoms with Crippen LogP contribution in [0.1, 0.15) is 24.4 Å². The van der Waals surface area contributed by atoms with E-state index in [-0.39, 0.29) is 18.7 Å². The maximum Gasteiger partial charge on any atom is 0.244 e. The predicted molar refractivity (Wildman–Crippen MR) is 99.3 cm³/mol. The van der Waals surface area contributed by atoms with Gasteiger partial charge in [0, 0.05) is 6.08 Å². The fourth-order valence-corrected chi connectivity index (χ4v) is 3.04. The van der Waals surface area contributed by atoms with Gasteiger partial charge in [-0.25, -0.2) is 4.98 Å². The van der Waals surface area contributed by atoms with E-state index in [1.165, 1.54) is 6.08 Å². The molecule has 1 unspecified atom stereocenters. The first-order chi connectivity index (χ1) is 12.6. The summed E-state index contributed by atoms with van der Waals surface area (Å²) in [5, 5.41) is 3.34. The molecule has 0 saturated carbocycles. The average Bonchev–Trinajstić information content (AvgIpc) is 3.26. The zero-order valence-corrected chi connectivity index (χ0v) is 14.7. The molecule has 0 radical (unpaired) electrons. The van der Waals surface area contributed by atoms with E-state index in [1.807, 2.05) is 31.2 Å². The number of carbonyl (C=O) groups excluding carboxylic acids is 1. The highest BCUT2D eigenvalue weighted by atomic mass is 35.5. The van der Waals surface area contributed by atoms with Gasteiger partial charge >= 0.3 is 0 Å². The van der Waals surface area contributed by atoms with Gasteiger partial charge in [-0.2, -0.15) is 0 Å². The van der Waals surface area contributed by atoms with Gasteiger partial charge in [0.05, 0.1) is 22.1 Å². The molecular formula is C19H16ClN3O3. The van der Waals surface area contributed by atoms with Crippen molar-refractivity contribution in [1.82, 2.24) is 15.3 Å². The number of aromatic nitrogens is 2.